The van der Waals surface area contributed by atoms with E-state index in [0.717, 1.165) is 74.0 Å². The Morgan fingerprint density at radius 2 is 0.930 bits per heavy atom. The molecule has 1 aromatic heterocycles. The molecule has 8 aromatic rings. The number of methoxy groups -OCH3 is 1. The number of nitrogens with one attached hydrogen (secondary N) is 4. The molecule has 11 rings (SSSR count). The molecule has 5 N–H and O–H groups in total. The first-order chi connectivity index (χ1) is 46.4. The van der Waals surface area contributed by atoms with Crippen LogP contribution in [0.5, 0.6) is 23.0 Å². The van der Waals surface area contributed by atoms with E-state index in [1.165, 1.54) is 32.1 Å². The number of quaternary nitrogens is 1. The van der Waals surface area contributed by atoms with Gasteiger partial charge in [-0.15, -0.1) is 6.58 Å². The van der Waals surface area contributed by atoms with Crippen LogP contribution in [-0.4, -0.2) is 130 Å². The Labute approximate surface area is 616 Å². The molecule has 4 heterocycles. The van der Waals surface area contributed by atoms with Gasteiger partial charge in [0.2, 0.25) is 0 Å². The van der Waals surface area contributed by atoms with Crippen molar-refractivity contribution in [2.24, 2.45) is 28.1 Å². The van der Waals surface area contributed by atoms with Gasteiger partial charge in [-0.3, -0.25) is 33.1 Å². The molecular weight excluding hydrogens is 1360 g/mol. The van der Waals surface area contributed by atoms with Crippen molar-refractivity contribution in [2.75, 3.05) is 40.0 Å². The van der Waals surface area contributed by atoms with E-state index in [9.17, 15) is 47.9 Å². The van der Waals surface area contributed by atoms with Crippen LogP contribution < -0.4 is 53.2 Å². The summed E-state index contributed by atoms with van der Waals surface area (Å²) in [5, 5.41) is 24.2. The van der Waals surface area contributed by atoms with E-state index in [-0.39, 0.29) is 97.1 Å². The Morgan fingerprint density at radius 3 is 1.26 bits per heavy atom. The molecule has 3 fully saturated rings. The van der Waals surface area contributed by atoms with Crippen molar-refractivity contribution in [3.8, 4) is 23.0 Å². The number of hydrogen-bond acceptors (Lipinski definition) is 18. The average molecular weight is 1460 g/mol. The fourth-order valence-electron chi connectivity index (χ4n) is 10.9. The number of hydrogen-bond donors (Lipinski definition) is 5. The smallest absolute Gasteiger partial charge is 0.756 e. The maximum atomic E-state index is 12.1. The van der Waals surface area contributed by atoms with E-state index >= 15 is 0 Å². The van der Waals surface area contributed by atoms with Gasteiger partial charge in [0.25, 0.3) is 23.2 Å². The minimum absolute atomic E-state index is 0. The largest absolute Gasteiger partial charge is 2.00 e. The summed E-state index contributed by atoms with van der Waals surface area (Å²) >= 11 is 0. The van der Waals surface area contributed by atoms with Gasteiger partial charge in [-0.2, -0.15) is 0 Å². The number of aromatic nitrogens is 1. The number of nitrogens with zero attached hydrogens (tertiary/aromatic N) is 1. The summed E-state index contributed by atoms with van der Waals surface area (Å²) in [7, 11) is -11.7. The number of piperidine rings is 3. The maximum absolute atomic E-state index is 12.1. The van der Waals surface area contributed by atoms with Crippen LogP contribution >= 0.6 is 23.2 Å². The third-order valence-electron chi connectivity index (χ3n) is 15.9. The molecule has 3 aliphatic heterocycles. The Bertz CT molecular complexity index is 3920. The van der Waals surface area contributed by atoms with Crippen LogP contribution in [-0.2, 0) is 42.3 Å². The number of aliphatic hydroxyl groups excluding tert-OH is 1. The number of aliphatic hydroxyl groups is 1. The topological polar surface area (TPSA) is 310 Å². The van der Waals surface area contributed by atoms with Gasteiger partial charge in [0.05, 0.1) is 45.5 Å². The minimum atomic E-state index is -4.47. The number of esters is 3. The van der Waals surface area contributed by atoms with Crippen LogP contribution in [0.3, 0.4) is 0 Å². The normalized spacial score (nSPS) is 18.8. The Hall–Kier alpha value is -6.29. The number of carbonyl (C=O) groups is 3. The zero-order valence-electron chi connectivity index (χ0n) is 59.3. The zero-order valence-corrected chi connectivity index (χ0v) is 64.2. The van der Waals surface area contributed by atoms with E-state index in [4.69, 9.17) is 32.5 Å². The van der Waals surface area contributed by atoms with Gasteiger partial charge in [0.1, 0.15) is 53.3 Å². The number of ether oxygens (including phenoxy) is 4. The Morgan fingerprint density at radius 1 is 0.570 bits per heavy atom. The average Bonchev–Trinajstić information content (AvgIpc) is 0.770. The van der Waals surface area contributed by atoms with Crippen molar-refractivity contribution in [3.05, 3.63) is 176 Å². The van der Waals surface area contributed by atoms with Crippen molar-refractivity contribution in [1.82, 2.24) is 20.2 Å². The first-order valence-corrected chi connectivity index (χ1v) is 37.4. The number of carbonyl (C=O) groups excluding carboxylic acids is 3. The summed E-state index contributed by atoms with van der Waals surface area (Å²) in [6.45, 7) is 28.3. The van der Waals surface area contributed by atoms with E-state index in [1.54, 1.807) is 67.9 Å². The standard InChI is InChI=1S/C20H24N2O2.3C18H24NO5P.Ca/c1-3-13-12-22-9-7-14(13)10-19(22)20(23)16-6-8-21-18-5-4-15(24-2)11-17(16)18;3*1-13(17(20)23-12-18(2,3)4)19-25(21,22)24-16-10-9-14-7-5-6-8-15(14)11-16;/h3-6,8,11,13-14,19-20,23H,1,7,9-10,12H2,2H3;3*5-11,13H,12H2,1-4H3,(H2,19,21,22);/q;;;;+2/p-2/t13?,14-,19-,20+;3*13-;/m0000./s1. The summed E-state index contributed by atoms with van der Waals surface area (Å²) < 4.78 is 72.3. The molecule has 0 radical (unpaired) electrons. The molecule has 0 amide bonds. The quantitative estimate of drug-likeness (QED) is 0.0138. The van der Waals surface area contributed by atoms with Crippen LogP contribution in [0.1, 0.15) is 108 Å². The summed E-state index contributed by atoms with van der Waals surface area (Å²) in [5.41, 5.74) is 1.29. The van der Waals surface area contributed by atoms with Gasteiger partial charge < -0.3 is 57.2 Å². The summed E-state index contributed by atoms with van der Waals surface area (Å²) in [4.78, 5) is 78.0. The molecule has 2 bridgehead atoms. The Kier molecular flexibility index (Phi) is 29.9. The van der Waals surface area contributed by atoms with Crippen LogP contribution in [0.15, 0.2) is 171 Å². The van der Waals surface area contributed by atoms with Crippen molar-refractivity contribution in [2.45, 2.75) is 126 Å². The van der Waals surface area contributed by atoms with E-state index in [1.807, 2.05) is 159 Å². The van der Waals surface area contributed by atoms with Crippen molar-refractivity contribution in [3.63, 3.8) is 0 Å². The number of fused-ring (bicyclic) bond motifs is 7. The third-order valence-corrected chi connectivity index (χ3v) is 19.4. The van der Waals surface area contributed by atoms with E-state index < -0.39 is 65.4 Å². The molecule has 26 heteroatoms. The van der Waals surface area contributed by atoms with E-state index in [2.05, 4.69) is 32.9 Å². The fraction of sp³-hybridized carbons (Fsp3) is 0.405. The van der Waals surface area contributed by atoms with Crippen molar-refractivity contribution in [1.29, 1.82) is 0 Å². The molecule has 0 saturated carbocycles. The van der Waals surface area contributed by atoms with Crippen LogP contribution in [0, 0.1) is 28.1 Å². The molecule has 0 spiro atoms. The van der Waals surface area contributed by atoms with Gasteiger partial charge in [-0.25, -0.2) is 15.3 Å². The van der Waals surface area contributed by atoms with Gasteiger partial charge in [-0.05, 0) is 141 Å². The van der Waals surface area contributed by atoms with Crippen LogP contribution in [0.25, 0.3) is 43.2 Å². The molecule has 534 valence electrons. The second-order valence-corrected chi connectivity index (χ2v) is 32.8. The molecular formula is C74H94CaN5O17P3. The van der Waals surface area contributed by atoms with Crippen molar-refractivity contribution >= 4 is 122 Å². The number of pyridine rings is 1. The second kappa shape index (κ2) is 36.2. The number of rotatable bonds is 22. The van der Waals surface area contributed by atoms with Gasteiger partial charge >= 0.3 is 55.6 Å². The van der Waals surface area contributed by atoms with Gasteiger partial charge in [-0.1, -0.05) is 159 Å². The molecule has 11 atom stereocenters. The van der Waals surface area contributed by atoms with E-state index in [0.29, 0.717) is 11.8 Å². The van der Waals surface area contributed by atoms with Gasteiger partial charge in [0, 0.05) is 30.3 Å². The summed E-state index contributed by atoms with van der Waals surface area (Å²) in [5.74, 6) is 0.677. The molecule has 0 aliphatic carbocycles. The predicted molar refractivity (Wildman–Crippen MR) is 385 cm³/mol. The molecule has 22 nitrogen and oxygen atoms in total. The molecule has 3 aliphatic rings. The fourth-order valence-corrected chi connectivity index (χ4v) is 14.0. The van der Waals surface area contributed by atoms with Gasteiger partial charge in [0.15, 0.2) is 0 Å². The third kappa shape index (κ3) is 26.2. The summed E-state index contributed by atoms with van der Waals surface area (Å²) in [6, 6.07) is 42.5. The maximum Gasteiger partial charge on any atom is 2.00 e. The SMILES string of the molecule is C=CC1C[NH+]2CC[C@H]1C[C@H]2[C@H](O)c1ccnc2ccc(OC)cc12.C[C@H](NP(=O)([O-])Oc1ccc2ccccc2c1)C(=O)OCC(C)(C)C.C[C@H](NP(=O)([O-])Oc1ccc2ccccc2c1)C(=O)OCC(C)(C)C.C[C@H](NP(=O)([O-])Oc1ccc2ccccc2c1)C(=O)OCC(C)(C)C.[Ca+2]. The summed E-state index contributed by atoms with van der Waals surface area (Å²) in [6.07, 6.45) is 5.76. The van der Waals surface area contributed by atoms with Crippen LogP contribution in [0.2, 0.25) is 0 Å². The molecule has 7 aromatic carbocycles. The predicted octanol–water partition coefficient (Wildman–Crippen LogP) is 11.1. The zero-order chi connectivity index (χ0) is 72.7. The first-order valence-electron chi connectivity index (χ1n) is 32.8. The first kappa shape index (κ1) is 82.7. The Balaban J connectivity index is 0.000000209. The number of benzene rings is 7. The molecule has 3 saturated heterocycles. The minimum Gasteiger partial charge on any atom is -0.756 e. The van der Waals surface area contributed by atoms with Crippen molar-refractivity contribution < 1.29 is 85.3 Å². The molecule has 100 heavy (non-hydrogen) atoms. The monoisotopic (exact) mass is 1460 g/mol. The molecule has 5 unspecified atom stereocenters. The second-order valence-electron chi connectivity index (χ2n) is 28.5. The van der Waals surface area contributed by atoms with Crippen LogP contribution in [0.4, 0.5) is 0 Å².